The molecule has 1 heterocycles. The summed E-state index contributed by atoms with van der Waals surface area (Å²) in [7, 11) is 0. The highest BCUT2D eigenvalue weighted by atomic mass is 16.5. The number of aryl methyl sites for hydroxylation is 1. The minimum atomic E-state index is -0.701. The summed E-state index contributed by atoms with van der Waals surface area (Å²) < 4.78 is 5.69. The highest BCUT2D eigenvalue weighted by molar-refractivity contribution is 6.04. The van der Waals surface area contributed by atoms with Crippen LogP contribution in [0.4, 0.5) is 4.79 Å². The van der Waals surface area contributed by atoms with Crippen LogP contribution in [0.5, 0.6) is 5.75 Å². The second-order valence-electron chi connectivity index (χ2n) is 5.96. The number of amides is 3. The molecule has 0 spiro atoms. The summed E-state index contributed by atoms with van der Waals surface area (Å²) >= 11 is 0. The number of ether oxygens (including phenoxy) is 1. The predicted octanol–water partition coefficient (Wildman–Crippen LogP) is 2.53. The van der Waals surface area contributed by atoms with Gasteiger partial charge in [0.15, 0.2) is 6.10 Å². The monoisotopic (exact) mass is 338 g/mol. The van der Waals surface area contributed by atoms with E-state index in [1.165, 1.54) is 0 Å². The summed E-state index contributed by atoms with van der Waals surface area (Å²) in [5.74, 6) is 0.0227. The van der Waals surface area contributed by atoms with Crippen molar-refractivity contribution in [3.8, 4) is 5.75 Å². The molecule has 1 aliphatic rings. The first kappa shape index (κ1) is 16.7. The maximum absolute atomic E-state index is 12.4. The van der Waals surface area contributed by atoms with Crippen molar-refractivity contribution in [2.24, 2.45) is 0 Å². The minimum Gasteiger partial charge on any atom is -0.483 e. The molecule has 6 nitrogen and oxygen atoms in total. The molecule has 2 atom stereocenters. The van der Waals surface area contributed by atoms with Crippen LogP contribution in [-0.2, 0) is 4.79 Å². The lowest BCUT2D eigenvalue weighted by molar-refractivity contribution is -0.120. The molecular formula is C19H18N2O4. The first-order valence-corrected chi connectivity index (χ1v) is 7.93. The lowest BCUT2D eigenvalue weighted by Crippen LogP contribution is -2.24. The highest BCUT2D eigenvalue weighted by Gasteiger charge is 2.30. The third-order valence-electron chi connectivity index (χ3n) is 4.01. The van der Waals surface area contributed by atoms with Crippen molar-refractivity contribution in [2.75, 3.05) is 0 Å². The summed E-state index contributed by atoms with van der Waals surface area (Å²) in [6.45, 7) is 3.66. The topological polar surface area (TPSA) is 84.5 Å². The number of ketones is 1. The average Bonchev–Trinajstić information content (AvgIpc) is 2.94. The van der Waals surface area contributed by atoms with Gasteiger partial charge in [-0.05, 0) is 31.5 Å². The minimum absolute atomic E-state index is 0.105. The smallest absolute Gasteiger partial charge is 0.322 e. The van der Waals surface area contributed by atoms with Gasteiger partial charge in [0.1, 0.15) is 11.8 Å². The SMILES string of the molecule is Cc1ccc(C(=O)C(C)Oc2ccc(C3NC(=O)NC3=O)cc2)cc1. The molecule has 0 aliphatic carbocycles. The van der Waals surface area contributed by atoms with Crippen molar-refractivity contribution < 1.29 is 19.1 Å². The second-order valence-corrected chi connectivity index (χ2v) is 5.96. The van der Waals surface area contributed by atoms with Gasteiger partial charge in [-0.25, -0.2) is 4.79 Å². The lowest BCUT2D eigenvalue weighted by Gasteiger charge is -2.15. The van der Waals surface area contributed by atoms with Crippen molar-refractivity contribution in [1.82, 2.24) is 10.6 Å². The zero-order chi connectivity index (χ0) is 18.0. The fourth-order valence-corrected chi connectivity index (χ4v) is 2.60. The van der Waals surface area contributed by atoms with Crippen LogP contribution < -0.4 is 15.4 Å². The Morgan fingerprint density at radius 2 is 1.68 bits per heavy atom. The molecule has 1 saturated heterocycles. The number of urea groups is 1. The fourth-order valence-electron chi connectivity index (χ4n) is 2.60. The zero-order valence-corrected chi connectivity index (χ0v) is 13.9. The molecule has 3 amide bonds. The molecule has 0 aromatic heterocycles. The van der Waals surface area contributed by atoms with Gasteiger partial charge >= 0.3 is 6.03 Å². The third-order valence-corrected chi connectivity index (χ3v) is 4.01. The summed E-state index contributed by atoms with van der Waals surface area (Å²) in [4.78, 5) is 35.2. The molecule has 3 rings (SSSR count). The Hall–Kier alpha value is -3.15. The average molecular weight is 338 g/mol. The van der Waals surface area contributed by atoms with Crippen molar-refractivity contribution >= 4 is 17.7 Å². The van der Waals surface area contributed by atoms with E-state index in [9.17, 15) is 14.4 Å². The molecule has 1 aliphatic heterocycles. The van der Waals surface area contributed by atoms with E-state index in [1.54, 1.807) is 43.3 Å². The van der Waals surface area contributed by atoms with E-state index < -0.39 is 18.2 Å². The van der Waals surface area contributed by atoms with E-state index in [1.807, 2.05) is 19.1 Å². The van der Waals surface area contributed by atoms with Crippen LogP contribution in [0, 0.1) is 6.92 Å². The Balaban J connectivity index is 1.66. The second kappa shape index (κ2) is 6.76. The summed E-state index contributed by atoms with van der Waals surface area (Å²) in [6.07, 6.45) is -0.636. The standard InChI is InChI=1S/C19H18N2O4/c1-11-3-5-14(6-4-11)17(22)12(2)25-15-9-7-13(8-10-15)16-18(23)21-19(24)20-16/h3-10,12,16H,1-2H3,(H2,20,21,23,24). The molecule has 25 heavy (non-hydrogen) atoms. The summed E-state index contributed by atoms with van der Waals surface area (Å²) in [5, 5.41) is 4.71. The summed E-state index contributed by atoms with van der Waals surface area (Å²) in [6, 6.07) is 12.8. The van der Waals surface area contributed by atoms with Gasteiger partial charge in [0.2, 0.25) is 5.78 Å². The van der Waals surface area contributed by atoms with Crippen molar-refractivity contribution in [1.29, 1.82) is 0 Å². The lowest BCUT2D eigenvalue weighted by atomic mass is 10.1. The van der Waals surface area contributed by atoms with E-state index in [0.29, 0.717) is 16.9 Å². The van der Waals surface area contributed by atoms with Gasteiger partial charge < -0.3 is 10.1 Å². The Morgan fingerprint density at radius 1 is 1.04 bits per heavy atom. The van der Waals surface area contributed by atoms with Gasteiger partial charge in [-0.3, -0.25) is 14.9 Å². The van der Waals surface area contributed by atoms with Crippen LogP contribution in [0.25, 0.3) is 0 Å². The van der Waals surface area contributed by atoms with Crippen molar-refractivity contribution in [3.63, 3.8) is 0 Å². The van der Waals surface area contributed by atoms with E-state index in [0.717, 1.165) is 5.56 Å². The molecule has 0 bridgehead atoms. The Bertz CT molecular complexity index is 812. The molecule has 6 heteroatoms. The molecule has 2 aromatic carbocycles. The number of benzene rings is 2. The van der Waals surface area contributed by atoms with Crippen LogP contribution in [0.2, 0.25) is 0 Å². The van der Waals surface area contributed by atoms with Crippen LogP contribution in [0.3, 0.4) is 0 Å². The highest BCUT2D eigenvalue weighted by Crippen LogP contribution is 2.21. The van der Waals surface area contributed by atoms with Gasteiger partial charge in [-0.15, -0.1) is 0 Å². The Labute approximate surface area is 145 Å². The molecule has 0 saturated carbocycles. The molecule has 0 radical (unpaired) electrons. The summed E-state index contributed by atoms with van der Waals surface area (Å²) in [5.41, 5.74) is 2.33. The fraction of sp³-hybridized carbons (Fsp3) is 0.211. The number of hydrogen-bond donors (Lipinski definition) is 2. The predicted molar refractivity (Wildman–Crippen MR) is 91.5 cm³/mol. The van der Waals surface area contributed by atoms with Gasteiger partial charge in [0, 0.05) is 5.56 Å². The van der Waals surface area contributed by atoms with Crippen molar-refractivity contribution in [2.45, 2.75) is 26.0 Å². The normalized spacial score (nSPS) is 17.6. The molecule has 1 fully saturated rings. The first-order valence-electron chi connectivity index (χ1n) is 7.93. The molecule has 2 aromatic rings. The van der Waals surface area contributed by atoms with E-state index in [4.69, 9.17) is 4.74 Å². The van der Waals surface area contributed by atoms with Crippen molar-refractivity contribution in [3.05, 3.63) is 65.2 Å². The Morgan fingerprint density at radius 3 is 2.24 bits per heavy atom. The number of Topliss-reactive ketones (excluding diaryl/α,β-unsaturated/α-hetero) is 1. The maximum atomic E-state index is 12.4. The largest absolute Gasteiger partial charge is 0.483 e. The van der Waals surface area contributed by atoms with Gasteiger partial charge in [0.25, 0.3) is 5.91 Å². The Kier molecular flexibility index (Phi) is 4.52. The molecule has 128 valence electrons. The third kappa shape index (κ3) is 3.68. The van der Waals surface area contributed by atoms with Gasteiger partial charge in [-0.1, -0.05) is 42.0 Å². The van der Waals surface area contributed by atoms with Crippen LogP contribution in [0.1, 0.15) is 34.5 Å². The number of carbonyl (C=O) groups is 3. The number of nitrogens with one attached hydrogen (secondary N) is 2. The first-order chi connectivity index (χ1) is 11.9. The molecular weight excluding hydrogens is 320 g/mol. The zero-order valence-electron chi connectivity index (χ0n) is 13.9. The molecule has 2 N–H and O–H groups in total. The number of rotatable bonds is 5. The quantitative estimate of drug-likeness (QED) is 0.648. The van der Waals surface area contributed by atoms with Gasteiger partial charge in [0.05, 0.1) is 0 Å². The van der Waals surface area contributed by atoms with Crippen LogP contribution in [0.15, 0.2) is 48.5 Å². The van der Waals surface area contributed by atoms with E-state index in [-0.39, 0.29) is 11.7 Å². The number of hydrogen-bond acceptors (Lipinski definition) is 4. The van der Waals surface area contributed by atoms with E-state index in [2.05, 4.69) is 10.6 Å². The van der Waals surface area contributed by atoms with Crippen LogP contribution in [-0.4, -0.2) is 23.8 Å². The number of imide groups is 1. The molecule has 2 unspecified atom stereocenters. The van der Waals surface area contributed by atoms with Gasteiger partial charge in [-0.2, -0.15) is 0 Å². The van der Waals surface area contributed by atoms with Crippen LogP contribution >= 0.6 is 0 Å². The number of carbonyl (C=O) groups excluding carboxylic acids is 3. The van der Waals surface area contributed by atoms with E-state index >= 15 is 0 Å². The maximum Gasteiger partial charge on any atom is 0.322 e.